The normalized spacial score (nSPS) is 30.6. The molecule has 1 saturated heterocycles. The molecule has 1 heterocycles. The van der Waals surface area contributed by atoms with Gasteiger partial charge < -0.3 is 15.8 Å². The standard InChI is InChI=1S/C7H14N2O2/c1-11-5-7(6(8)10)3-2-4-9-7/h9H,2-5H2,1H3,(H2,8,10)/t7-/m0/s1. The van der Waals surface area contributed by atoms with Gasteiger partial charge in [-0.3, -0.25) is 4.79 Å². The van der Waals surface area contributed by atoms with Gasteiger partial charge in [0, 0.05) is 7.11 Å². The first-order valence-corrected chi connectivity index (χ1v) is 3.75. The van der Waals surface area contributed by atoms with Gasteiger partial charge in [-0.15, -0.1) is 0 Å². The zero-order chi connectivity index (χ0) is 8.32. The number of hydrogen-bond acceptors (Lipinski definition) is 3. The molecule has 1 fully saturated rings. The maximum Gasteiger partial charge on any atom is 0.240 e. The van der Waals surface area contributed by atoms with Crippen molar-refractivity contribution in [3.05, 3.63) is 0 Å². The van der Waals surface area contributed by atoms with Crippen LogP contribution in [-0.4, -0.2) is 31.7 Å². The van der Waals surface area contributed by atoms with Gasteiger partial charge in [-0.05, 0) is 19.4 Å². The maximum absolute atomic E-state index is 11.0. The summed E-state index contributed by atoms with van der Waals surface area (Å²) in [5.41, 5.74) is 4.65. The molecular weight excluding hydrogens is 144 g/mol. The van der Waals surface area contributed by atoms with E-state index in [-0.39, 0.29) is 5.91 Å². The number of carbonyl (C=O) groups excluding carboxylic acids is 1. The molecule has 1 aliphatic rings. The molecule has 64 valence electrons. The molecule has 0 spiro atoms. The van der Waals surface area contributed by atoms with Crippen LogP contribution in [0.15, 0.2) is 0 Å². The molecule has 3 N–H and O–H groups in total. The Morgan fingerprint density at radius 1 is 1.82 bits per heavy atom. The highest BCUT2D eigenvalue weighted by molar-refractivity contribution is 5.85. The van der Waals surface area contributed by atoms with E-state index in [1.807, 2.05) is 0 Å². The Morgan fingerprint density at radius 3 is 2.91 bits per heavy atom. The Hall–Kier alpha value is -0.610. The van der Waals surface area contributed by atoms with Crippen LogP contribution in [0.4, 0.5) is 0 Å². The highest BCUT2D eigenvalue weighted by atomic mass is 16.5. The summed E-state index contributed by atoms with van der Waals surface area (Å²) in [5, 5.41) is 3.07. The van der Waals surface area contributed by atoms with Gasteiger partial charge >= 0.3 is 0 Å². The largest absolute Gasteiger partial charge is 0.382 e. The van der Waals surface area contributed by atoms with Crippen LogP contribution < -0.4 is 11.1 Å². The number of methoxy groups -OCH3 is 1. The number of primary amides is 1. The molecule has 0 unspecified atom stereocenters. The molecule has 0 radical (unpaired) electrons. The summed E-state index contributed by atoms with van der Waals surface area (Å²) in [6.45, 7) is 1.23. The van der Waals surface area contributed by atoms with Crippen LogP contribution in [0.5, 0.6) is 0 Å². The zero-order valence-electron chi connectivity index (χ0n) is 6.72. The number of rotatable bonds is 3. The average molecular weight is 158 g/mol. The van der Waals surface area contributed by atoms with Crippen LogP contribution in [0.3, 0.4) is 0 Å². The second-order valence-electron chi connectivity index (χ2n) is 2.91. The third-order valence-electron chi connectivity index (χ3n) is 2.11. The van der Waals surface area contributed by atoms with E-state index in [1.165, 1.54) is 0 Å². The molecule has 0 aromatic rings. The first-order chi connectivity index (χ1) is 5.21. The highest BCUT2D eigenvalue weighted by Gasteiger charge is 2.39. The minimum atomic E-state index is -0.589. The molecule has 4 nitrogen and oxygen atoms in total. The van der Waals surface area contributed by atoms with Crippen LogP contribution in [0.2, 0.25) is 0 Å². The predicted octanol–water partition coefficient (Wildman–Crippen LogP) is -0.760. The smallest absolute Gasteiger partial charge is 0.240 e. The Bertz CT molecular complexity index is 153. The lowest BCUT2D eigenvalue weighted by molar-refractivity contribution is -0.125. The molecule has 0 bridgehead atoms. The molecule has 0 aromatic heterocycles. The first-order valence-electron chi connectivity index (χ1n) is 3.75. The minimum absolute atomic E-state index is 0.308. The van der Waals surface area contributed by atoms with Crippen LogP contribution in [0.25, 0.3) is 0 Å². The monoisotopic (exact) mass is 158 g/mol. The summed E-state index contributed by atoms with van der Waals surface area (Å²) in [7, 11) is 1.57. The van der Waals surface area contributed by atoms with E-state index < -0.39 is 5.54 Å². The van der Waals surface area contributed by atoms with E-state index in [2.05, 4.69) is 5.32 Å². The Morgan fingerprint density at radius 2 is 2.55 bits per heavy atom. The van der Waals surface area contributed by atoms with Gasteiger partial charge in [-0.2, -0.15) is 0 Å². The third kappa shape index (κ3) is 1.52. The third-order valence-corrected chi connectivity index (χ3v) is 2.11. The lowest BCUT2D eigenvalue weighted by Crippen LogP contribution is -2.54. The summed E-state index contributed by atoms with van der Waals surface area (Å²) in [6, 6.07) is 0. The molecule has 0 aliphatic carbocycles. The second kappa shape index (κ2) is 3.19. The topological polar surface area (TPSA) is 64.3 Å². The molecule has 11 heavy (non-hydrogen) atoms. The first kappa shape index (κ1) is 8.49. The highest BCUT2D eigenvalue weighted by Crippen LogP contribution is 2.18. The van der Waals surface area contributed by atoms with Gasteiger partial charge in [0.15, 0.2) is 0 Å². The molecule has 1 atom stereocenters. The Labute approximate surface area is 66.1 Å². The minimum Gasteiger partial charge on any atom is -0.382 e. The number of nitrogens with two attached hydrogens (primary N) is 1. The van der Waals surface area contributed by atoms with Crippen molar-refractivity contribution in [1.82, 2.24) is 5.32 Å². The van der Waals surface area contributed by atoms with Crippen molar-refractivity contribution in [3.8, 4) is 0 Å². The van der Waals surface area contributed by atoms with Crippen molar-refractivity contribution in [1.29, 1.82) is 0 Å². The van der Waals surface area contributed by atoms with Crippen LogP contribution in [0, 0.1) is 0 Å². The van der Waals surface area contributed by atoms with E-state index in [9.17, 15) is 4.79 Å². The summed E-state index contributed by atoms with van der Waals surface area (Å²) in [6.07, 6.45) is 1.78. The number of amides is 1. The van der Waals surface area contributed by atoms with E-state index in [0.717, 1.165) is 19.4 Å². The van der Waals surface area contributed by atoms with Crippen LogP contribution in [-0.2, 0) is 9.53 Å². The SMILES string of the molecule is COC[C@]1(C(N)=O)CCCN1. The average Bonchev–Trinajstić information content (AvgIpc) is 2.38. The Balaban J connectivity index is 2.62. The van der Waals surface area contributed by atoms with Gasteiger partial charge in [-0.1, -0.05) is 0 Å². The lowest BCUT2D eigenvalue weighted by atomic mass is 9.98. The van der Waals surface area contributed by atoms with Gasteiger partial charge in [0.1, 0.15) is 5.54 Å². The number of nitrogens with one attached hydrogen (secondary N) is 1. The van der Waals surface area contributed by atoms with Gasteiger partial charge in [0.05, 0.1) is 6.61 Å². The summed E-state index contributed by atoms with van der Waals surface area (Å²) >= 11 is 0. The number of ether oxygens (including phenoxy) is 1. The molecule has 0 aromatic carbocycles. The van der Waals surface area contributed by atoms with E-state index in [0.29, 0.717) is 6.61 Å². The van der Waals surface area contributed by atoms with E-state index in [1.54, 1.807) is 7.11 Å². The fraction of sp³-hybridized carbons (Fsp3) is 0.857. The summed E-state index contributed by atoms with van der Waals surface area (Å²) in [5.74, 6) is -0.308. The van der Waals surface area contributed by atoms with Crippen LogP contribution >= 0.6 is 0 Å². The van der Waals surface area contributed by atoms with Gasteiger partial charge in [0.2, 0.25) is 5.91 Å². The van der Waals surface area contributed by atoms with Crippen molar-refractivity contribution in [2.75, 3.05) is 20.3 Å². The van der Waals surface area contributed by atoms with Crippen LogP contribution in [0.1, 0.15) is 12.8 Å². The van der Waals surface area contributed by atoms with Crippen molar-refractivity contribution in [2.45, 2.75) is 18.4 Å². The molecule has 1 aliphatic heterocycles. The molecule has 0 saturated carbocycles. The van der Waals surface area contributed by atoms with Gasteiger partial charge in [-0.25, -0.2) is 0 Å². The molecular formula is C7H14N2O2. The van der Waals surface area contributed by atoms with Crippen molar-refractivity contribution >= 4 is 5.91 Å². The zero-order valence-corrected chi connectivity index (χ0v) is 6.72. The summed E-state index contributed by atoms with van der Waals surface area (Å²) < 4.78 is 4.93. The van der Waals surface area contributed by atoms with Crippen molar-refractivity contribution in [2.24, 2.45) is 5.73 Å². The Kier molecular flexibility index (Phi) is 2.46. The molecule has 4 heteroatoms. The number of hydrogen-bond donors (Lipinski definition) is 2. The number of carbonyl (C=O) groups is 1. The van der Waals surface area contributed by atoms with E-state index >= 15 is 0 Å². The van der Waals surface area contributed by atoms with E-state index in [4.69, 9.17) is 10.5 Å². The fourth-order valence-corrected chi connectivity index (χ4v) is 1.46. The van der Waals surface area contributed by atoms with Gasteiger partial charge in [0.25, 0.3) is 0 Å². The molecule has 1 amide bonds. The van der Waals surface area contributed by atoms with Crippen molar-refractivity contribution in [3.63, 3.8) is 0 Å². The predicted molar refractivity (Wildman–Crippen MR) is 41.0 cm³/mol. The van der Waals surface area contributed by atoms with Crippen molar-refractivity contribution < 1.29 is 9.53 Å². The quantitative estimate of drug-likeness (QED) is 0.567. The molecule has 1 rings (SSSR count). The lowest BCUT2D eigenvalue weighted by Gasteiger charge is -2.24. The summed E-state index contributed by atoms with van der Waals surface area (Å²) in [4.78, 5) is 11.0. The second-order valence-corrected chi connectivity index (χ2v) is 2.91. The fourth-order valence-electron chi connectivity index (χ4n) is 1.46. The maximum atomic E-state index is 11.0.